The van der Waals surface area contributed by atoms with Crippen LogP contribution >= 0.6 is 0 Å². The molecule has 0 aliphatic rings. The maximum absolute atomic E-state index is 13.0. The van der Waals surface area contributed by atoms with Crippen LogP contribution in [0.15, 0.2) is 23.1 Å². The summed E-state index contributed by atoms with van der Waals surface area (Å²) in [7, 11) is -4.15. The summed E-state index contributed by atoms with van der Waals surface area (Å²) >= 11 is 0. The van der Waals surface area contributed by atoms with E-state index in [0.29, 0.717) is 25.2 Å². The topological polar surface area (TPSA) is 74.7 Å². The fourth-order valence-corrected chi connectivity index (χ4v) is 2.74. The monoisotopic (exact) mass is 315 g/mol. The summed E-state index contributed by atoms with van der Waals surface area (Å²) in [6, 6.07) is 1.74. The van der Waals surface area contributed by atoms with Crippen molar-refractivity contribution in [3.63, 3.8) is 0 Å². The molecule has 0 saturated heterocycles. The van der Waals surface area contributed by atoms with Crippen molar-refractivity contribution in [1.29, 1.82) is 0 Å². The summed E-state index contributed by atoms with van der Waals surface area (Å²) < 4.78 is 73.3. The van der Waals surface area contributed by atoms with E-state index in [-0.39, 0.29) is 4.31 Å². The van der Waals surface area contributed by atoms with Gasteiger partial charge in [-0.25, -0.2) is 17.6 Å². The highest BCUT2D eigenvalue weighted by Crippen LogP contribution is 2.24. The second kappa shape index (κ2) is 5.37. The van der Waals surface area contributed by atoms with Crippen LogP contribution in [0.5, 0.6) is 0 Å². The third-order valence-corrected chi connectivity index (χ3v) is 4.11. The number of carboxylic acid groups (broad SMARTS) is 1. The molecule has 1 rings (SSSR count). The van der Waals surface area contributed by atoms with E-state index < -0.39 is 45.0 Å². The first-order valence-corrected chi connectivity index (χ1v) is 6.45. The highest BCUT2D eigenvalue weighted by atomic mass is 32.2. The van der Waals surface area contributed by atoms with Gasteiger partial charge in [0.15, 0.2) is 0 Å². The number of carboxylic acids is 1. The number of rotatable bonds is 4. The molecule has 0 atom stereocenters. The van der Waals surface area contributed by atoms with Gasteiger partial charge in [0.25, 0.3) is 0 Å². The third-order valence-electron chi connectivity index (χ3n) is 2.26. The Morgan fingerprint density at radius 2 is 1.90 bits per heavy atom. The molecule has 0 unspecified atom stereocenters. The molecule has 0 heterocycles. The van der Waals surface area contributed by atoms with Crippen LogP contribution in [-0.2, 0) is 10.0 Å². The van der Waals surface area contributed by atoms with E-state index in [1.54, 1.807) is 0 Å². The molecule has 0 bridgehead atoms. The minimum atomic E-state index is -4.81. The summed E-state index contributed by atoms with van der Waals surface area (Å²) in [6.07, 6.45) is -4.81. The summed E-state index contributed by atoms with van der Waals surface area (Å²) in [5.41, 5.74) is -0.805. The van der Waals surface area contributed by atoms with Gasteiger partial charge in [0.2, 0.25) is 10.0 Å². The predicted octanol–water partition coefficient (Wildman–Crippen LogP) is 1.71. The van der Waals surface area contributed by atoms with Crippen molar-refractivity contribution in [2.75, 3.05) is 13.6 Å². The zero-order valence-electron chi connectivity index (χ0n) is 9.98. The number of alkyl halides is 3. The zero-order chi connectivity index (χ0) is 15.7. The van der Waals surface area contributed by atoms with Crippen LogP contribution in [0.4, 0.5) is 17.6 Å². The van der Waals surface area contributed by atoms with Crippen molar-refractivity contribution >= 4 is 16.0 Å². The van der Waals surface area contributed by atoms with Gasteiger partial charge in [0.05, 0.1) is 10.5 Å². The molecule has 0 spiro atoms. The van der Waals surface area contributed by atoms with Crippen LogP contribution in [0.2, 0.25) is 0 Å². The van der Waals surface area contributed by atoms with E-state index in [0.717, 1.165) is 0 Å². The third kappa shape index (κ3) is 3.67. The Labute approximate surface area is 111 Å². The molecule has 1 aromatic carbocycles. The normalized spacial score (nSPS) is 12.7. The number of carbonyl (C=O) groups is 1. The van der Waals surface area contributed by atoms with E-state index in [2.05, 4.69) is 0 Å². The number of sulfonamides is 1. The van der Waals surface area contributed by atoms with E-state index in [1.807, 2.05) is 0 Å². The molecule has 0 aromatic heterocycles. The molecule has 0 fully saturated rings. The minimum absolute atomic E-state index is 0.0891. The summed E-state index contributed by atoms with van der Waals surface area (Å²) in [5, 5.41) is 8.81. The number of nitrogens with zero attached hydrogens (tertiary/aromatic N) is 1. The molecular weight excluding hydrogens is 306 g/mol. The maximum Gasteiger partial charge on any atom is 0.402 e. The SMILES string of the molecule is CN(CC(F)(F)F)S(=O)(=O)c1cc(F)ccc1C(=O)O. The van der Waals surface area contributed by atoms with Crippen molar-refractivity contribution < 1.29 is 35.9 Å². The Balaban J connectivity index is 3.35. The number of halogens is 4. The molecule has 0 aliphatic carbocycles. The standard InChI is InChI=1S/C10H9F4NO4S/c1-15(5-10(12,13)14)20(18,19)8-4-6(11)2-3-7(8)9(16)17/h2-4H,5H2,1H3,(H,16,17). The van der Waals surface area contributed by atoms with Gasteiger partial charge in [0.1, 0.15) is 12.4 Å². The molecule has 0 aliphatic heterocycles. The Morgan fingerprint density at radius 3 is 2.35 bits per heavy atom. The minimum Gasteiger partial charge on any atom is -0.478 e. The van der Waals surface area contributed by atoms with Crippen molar-refractivity contribution in [2.24, 2.45) is 0 Å². The first kappa shape index (κ1) is 16.4. The molecule has 1 aromatic rings. The van der Waals surface area contributed by atoms with Gasteiger partial charge in [-0.1, -0.05) is 0 Å². The Bertz CT molecular complexity index is 627. The fraction of sp³-hybridized carbons (Fsp3) is 0.300. The van der Waals surface area contributed by atoms with Crippen LogP contribution in [-0.4, -0.2) is 43.6 Å². The largest absolute Gasteiger partial charge is 0.478 e. The van der Waals surface area contributed by atoms with Gasteiger partial charge < -0.3 is 5.11 Å². The first-order chi connectivity index (χ1) is 8.95. The zero-order valence-corrected chi connectivity index (χ0v) is 10.8. The molecule has 0 radical (unpaired) electrons. The molecule has 112 valence electrons. The van der Waals surface area contributed by atoms with Crippen molar-refractivity contribution in [2.45, 2.75) is 11.1 Å². The van der Waals surface area contributed by atoms with Crippen LogP contribution in [0.1, 0.15) is 10.4 Å². The van der Waals surface area contributed by atoms with Gasteiger partial charge in [-0.05, 0) is 18.2 Å². The Morgan fingerprint density at radius 1 is 1.35 bits per heavy atom. The fourth-order valence-electron chi connectivity index (χ4n) is 1.39. The average Bonchev–Trinajstić information content (AvgIpc) is 2.25. The highest BCUT2D eigenvalue weighted by Gasteiger charge is 2.36. The number of hydrogen-bond acceptors (Lipinski definition) is 3. The second-order valence-corrected chi connectivity index (χ2v) is 5.84. The highest BCUT2D eigenvalue weighted by molar-refractivity contribution is 7.89. The van der Waals surface area contributed by atoms with Crippen LogP contribution in [0, 0.1) is 5.82 Å². The van der Waals surface area contributed by atoms with E-state index in [1.165, 1.54) is 0 Å². The van der Waals surface area contributed by atoms with Crippen molar-refractivity contribution in [3.8, 4) is 0 Å². The lowest BCUT2D eigenvalue weighted by Gasteiger charge is -2.19. The van der Waals surface area contributed by atoms with E-state index in [4.69, 9.17) is 5.11 Å². The lowest BCUT2D eigenvalue weighted by atomic mass is 10.2. The number of aromatic carboxylic acids is 1. The molecule has 1 N–H and O–H groups in total. The van der Waals surface area contributed by atoms with Crippen LogP contribution < -0.4 is 0 Å². The molecule has 0 saturated carbocycles. The van der Waals surface area contributed by atoms with Gasteiger partial charge in [-0.15, -0.1) is 0 Å². The number of benzene rings is 1. The molecular formula is C10H9F4NO4S. The molecule has 10 heteroatoms. The smallest absolute Gasteiger partial charge is 0.402 e. The Kier molecular flexibility index (Phi) is 4.39. The quantitative estimate of drug-likeness (QED) is 0.858. The summed E-state index contributed by atoms with van der Waals surface area (Å²) in [4.78, 5) is 9.83. The Hall–Kier alpha value is -1.68. The van der Waals surface area contributed by atoms with Crippen molar-refractivity contribution in [1.82, 2.24) is 4.31 Å². The lowest BCUT2D eigenvalue weighted by molar-refractivity contribution is -0.134. The molecule has 0 amide bonds. The van der Waals surface area contributed by atoms with Gasteiger partial charge in [0, 0.05) is 7.05 Å². The van der Waals surface area contributed by atoms with E-state index >= 15 is 0 Å². The second-order valence-electron chi connectivity index (χ2n) is 3.82. The maximum atomic E-state index is 13.0. The van der Waals surface area contributed by atoms with Crippen LogP contribution in [0.25, 0.3) is 0 Å². The van der Waals surface area contributed by atoms with Gasteiger partial charge in [-0.2, -0.15) is 17.5 Å². The van der Waals surface area contributed by atoms with Crippen LogP contribution in [0.3, 0.4) is 0 Å². The molecule has 20 heavy (non-hydrogen) atoms. The summed E-state index contributed by atoms with van der Waals surface area (Å²) in [6.45, 7) is -1.81. The first-order valence-electron chi connectivity index (χ1n) is 5.01. The van der Waals surface area contributed by atoms with E-state index in [9.17, 15) is 30.8 Å². The predicted molar refractivity (Wildman–Crippen MR) is 59.2 cm³/mol. The number of hydrogen-bond donors (Lipinski definition) is 1. The summed E-state index contributed by atoms with van der Waals surface area (Å²) in [5.74, 6) is -2.77. The average molecular weight is 315 g/mol. The van der Waals surface area contributed by atoms with Gasteiger partial charge in [-0.3, -0.25) is 0 Å². The lowest BCUT2D eigenvalue weighted by Crippen LogP contribution is -2.36. The van der Waals surface area contributed by atoms with Crippen molar-refractivity contribution in [3.05, 3.63) is 29.6 Å². The molecule has 5 nitrogen and oxygen atoms in total. The van der Waals surface area contributed by atoms with Gasteiger partial charge >= 0.3 is 12.1 Å².